The van der Waals surface area contributed by atoms with Crippen LogP contribution in [-0.2, 0) is 4.74 Å². The summed E-state index contributed by atoms with van der Waals surface area (Å²) in [7, 11) is 0. The number of rotatable bonds is 8. The fourth-order valence-corrected chi connectivity index (χ4v) is 2.30. The molecule has 0 aromatic carbocycles. The van der Waals surface area contributed by atoms with Crippen LogP contribution < -0.4 is 0 Å². The van der Waals surface area contributed by atoms with Gasteiger partial charge in [0.05, 0.1) is 6.61 Å². The number of nitrogens with zero attached hydrogens (tertiary/aromatic N) is 2. The normalized spacial score (nSPS) is 20.5. The van der Waals surface area contributed by atoms with E-state index in [0.29, 0.717) is 0 Å². The van der Waals surface area contributed by atoms with Crippen molar-refractivity contribution in [1.82, 2.24) is 9.80 Å². The smallest absolute Gasteiger partial charge is 0.0593 e. The first kappa shape index (κ1) is 15.9. The Kier molecular flexibility index (Phi) is 7.87. The van der Waals surface area contributed by atoms with Crippen LogP contribution in [0.4, 0.5) is 0 Å². The van der Waals surface area contributed by atoms with Crippen LogP contribution in [0.3, 0.4) is 0 Å². The molecule has 3 nitrogen and oxygen atoms in total. The Bertz CT molecular complexity index is 201. The monoisotopic (exact) mass is 256 g/mol. The molecule has 108 valence electrons. The van der Waals surface area contributed by atoms with Gasteiger partial charge < -0.3 is 4.74 Å². The minimum atomic E-state index is 0.745. The first-order valence-corrected chi connectivity index (χ1v) is 7.67. The zero-order valence-electron chi connectivity index (χ0n) is 12.8. The molecular formula is C15H32N2O. The van der Waals surface area contributed by atoms with E-state index in [4.69, 9.17) is 4.74 Å². The molecule has 1 saturated heterocycles. The number of ether oxygens (including phenoxy) is 1. The lowest BCUT2D eigenvalue weighted by Crippen LogP contribution is -2.50. The van der Waals surface area contributed by atoms with Crippen molar-refractivity contribution in [2.24, 2.45) is 5.92 Å². The molecule has 1 atom stereocenters. The fourth-order valence-electron chi connectivity index (χ4n) is 2.30. The Morgan fingerprint density at radius 3 is 2.22 bits per heavy atom. The van der Waals surface area contributed by atoms with Gasteiger partial charge in [0.25, 0.3) is 0 Å². The van der Waals surface area contributed by atoms with Crippen molar-refractivity contribution < 1.29 is 4.74 Å². The summed E-state index contributed by atoms with van der Waals surface area (Å²) in [5.41, 5.74) is 0. The molecule has 18 heavy (non-hydrogen) atoms. The van der Waals surface area contributed by atoms with Gasteiger partial charge in [-0.05, 0) is 25.7 Å². The zero-order valence-corrected chi connectivity index (χ0v) is 12.8. The van der Waals surface area contributed by atoms with Crippen molar-refractivity contribution in [3.63, 3.8) is 0 Å². The van der Waals surface area contributed by atoms with Gasteiger partial charge in [0.1, 0.15) is 0 Å². The van der Waals surface area contributed by atoms with Gasteiger partial charge in [-0.3, -0.25) is 9.80 Å². The molecule has 3 heteroatoms. The lowest BCUT2D eigenvalue weighted by molar-refractivity contribution is 0.0602. The minimum absolute atomic E-state index is 0.745. The molecule has 0 amide bonds. The maximum atomic E-state index is 5.69. The van der Waals surface area contributed by atoms with Gasteiger partial charge in [0.15, 0.2) is 0 Å². The van der Waals surface area contributed by atoms with Gasteiger partial charge in [-0.15, -0.1) is 0 Å². The lowest BCUT2D eigenvalue weighted by Gasteiger charge is -2.37. The van der Waals surface area contributed by atoms with Crippen LogP contribution in [0, 0.1) is 5.92 Å². The Hall–Kier alpha value is -0.120. The minimum Gasteiger partial charge on any atom is -0.380 e. The summed E-state index contributed by atoms with van der Waals surface area (Å²) in [6.07, 6.45) is 2.44. The molecule has 0 N–H and O–H groups in total. The van der Waals surface area contributed by atoms with Crippen LogP contribution >= 0.6 is 0 Å². The second-order valence-corrected chi connectivity index (χ2v) is 5.93. The highest BCUT2D eigenvalue weighted by molar-refractivity contribution is 4.75. The third kappa shape index (κ3) is 6.17. The van der Waals surface area contributed by atoms with Crippen LogP contribution in [0.5, 0.6) is 0 Å². The van der Waals surface area contributed by atoms with Gasteiger partial charge in [-0.25, -0.2) is 0 Å². The Morgan fingerprint density at radius 1 is 1.00 bits per heavy atom. The average Bonchev–Trinajstić information content (AvgIpc) is 2.38. The molecular weight excluding hydrogens is 224 g/mol. The van der Waals surface area contributed by atoms with E-state index in [2.05, 4.69) is 37.5 Å². The van der Waals surface area contributed by atoms with Gasteiger partial charge in [0.2, 0.25) is 0 Å². The van der Waals surface area contributed by atoms with E-state index in [1.807, 2.05) is 0 Å². The molecule has 1 aliphatic heterocycles. The van der Waals surface area contributed by atoms with Crippen LogP contribution in [0.15, 0.2) is 0 Å². The summed E-state index contributed by atoms with van der Waals surface area (Å²) in [6.45, 7) is 16.9. The van der Waals surface area contributed by atoms with Crippen molar-refractivity contribution >= 4 is 0 Å². The van der Waals surface area contributed by atoms with E-state index in [1.165, 1.54) is 39.0 Å². The van der Waals surface area contributed by atoms with E-state index in [1.54, 1.807) is 0 Å². The van der Waals surface area contributed by atoms with Gasteiger partial charge in [-0.1, -0.05) is 20.8 Å². The van der Waals surface area contributed by atoms with Crippen molar-refractivity contribution in [1.29, 1.82) is 0 Å². The van der Waals surface area contributed by atoms with Crippen LogP contribution in [0.25, 0.3) is 0 Å². The van der Waals surface area contributed by atoms with E-state index in [-0.39, 0.29) is 0 Å². The van der Waals surface area contributed by atoms with E-state index in [0.717, 1.165) is 31.7 Å². The molecule has 0 bridgehead atoms. The second kappa shape index (κ2) is 8.89. The number of hydrogen-bond donors (Lipinski definition) is 0. The highest BCUT2D eigenvalue weighted by Gasteiger charge is 2.19. The fraction of sp³-hybridized carbons (Fsp3) is 1.00. The standard InChI is InChI=1S/C15H32N2O/c1-5-15(4)17-9-7-16(8-10-17)11-13-18-12-6-14(2)3/h14-15H,5-13H2,1-4H3. The van der Waals surface area contributed by atoms with E-state index >= 15 is 0 Å². The maximum absolute atomic E-state index is 5.69. The SMILES string of the molecule is CCC(C)N1CCN(CCOCCC(C)C)CC1. The summed E-state index contributed by atoms with van der Waals surface area (Å²) >= 11 is 0. The third-order valence-corrected chi connectivity index (χ3v) is 4.01. The molecule has 1 aliphatic rings. The highest BCUT2D eigenvalue weighted by atomic mass is 16.5. The number of piperazine rings is 1. The molecule has 0 saturated carbocycles. The quantitative estimate of drug-likeness (QED) is 0.621. The molecule has 0 aliphatic carbocycles. The average molecular weight is 256 g/mol. The van der Waals surface area contributed by atoms with Crippen molar-refractivity contribution in [2.45, 2.75) is 46.6 Å². The van der Waals surface area contributed by atoms with Gasteiger partial charge in [-0.2, -0.15) is 0 Å². The molecule has 1 unspecified atom stereocenters. The van der Waals surface area contributed by atoms with Crippen LogP contribution in [-0.4, -0.2) is 61.8 Å². The van der Waals surface area contributed by atoms with Crippen molar-refractivity contribution in [3.8, 4) is 0 Å². The van der Waals surface area contributed by atoms with Crippen LogP contribution in [0.2, 0.25) is 0 Å². The first-order valence-electron chi connectivity index (χ1n) is 7.67. The lowest BCUT2D eigenvalue weighted by atomic mass is 10.1. The predicted octanol–water partition coefficient (Wildman–Crippen LogP) is 2.47. The van der Waals surface area contributed by atoms with Gasteiger partial charge in [0, 0.05) is 45.4 Å². The summed E-state index contributed by atoms with van der Waals surface area (Å²) in [5, 5.41) is 0. The van der Waals surface area contributed by atoms with Gasteiger partial charge >= 0.3 is 0 Å². The summed E-state index contributed by atoms with van der Waals surface area (Å²) in [6, 6.07) is 0.745. The summed E-state index contributed by atoms with van der Waals surface area (Å²) < 4.78 is 5.69. The molecule has 0 spiro atoms. The summed E-state index contributed by atoms with van der Waals surface area (Å²) in [5.74, 6) is 0.754. The maximum Gasteiger partial charge on any atom is 0.0593 e. The molecule has 1 heterocycles. The Balaban J connectivity index is 2.02. The highest BCUT2D eigenvalue weighted by Crippen LogP contribution is 2.08. The van der Waals surface area contributed by atoms with E-state index < -0.39 is 0 Å². The van der Waals surface area contributed by atoms with Crippen molar-refractivity contribution in [3.05, 3.63) is 0 Å². The third-order valence-electron chi connectivity index (χ3n) is 4.01. The number of hydrogen-bond acceptors (Lipinski definition) is 3. The molecule has 0 radical (unpaired) electrons. The Labute approximate surface area is 113 Å². The van der Waals surface area contributed by atoms with Crippen LogP contribution in [0.1, 0.15) is 40.5 Å². The topological polar surface area (TPSA) is 15.7 Å². The Morgan fingerprint density at radius 2 is 1.67 bits per heavy atom. The second-order valence-electron chi connectivity index (χ2n) is 5.93. The first-order chi connectivity index (χ1) is 8.63. The molecule has 1 fully saturated rings. The van der Waals surface area contributed by atoms with Crippen molar-refractivity contribution in [2.75, 3.05) is 45.9 Å². The van der Waals surface area contributed by atoms with E-state index in [9.17, 15) is 0 Å². The molecule has 1 rings (SSSR count). The summed E-state index contributed by atoms with van der Waals surface area (Å²) in [4.78, 5) is 5.14. The molecule has 0 aromatic rings. The largest absolute Gasteiger partial charge is 0.380 e. The zero-order chi connectivity index (χ0) is 13.4. The molecule has 0 aromatic heterocycles. The predicted molar refractivity (Wildman–Crippen MR) is 78.0 cm³/mol.